The molecule has 3 N–H and O–H groups in total. The van der Waals surface area contributed by atoms with Crippen molar-refractivity contribution in [2.24, 2.45) is 0 Å². The van der Waals surface area contributed by atoms with Gasteiger partial charge < -0.3 is 20.7 Å². The molecule has 0 aliphatic rings. The van der Waals surface area contributed by atoms with Crippen LogP contribution in [0.5, 0.6) is 0 Å². The Bertz CT molecular complexity index is 323. The minimum Gasteiger partial charge on any atom is -0.453 e. The molecule has 0 rings (SSSR count). The molecule has 0 aliphatic carbocycles. The Labute approximate surface area is 118 Å². The molecule has 0 fully saturated rings. The molecule has 0 bridgehead atoms. The molecule has 0 aliphatic heterocycles. The fraction of sp³-hybridized carbons (Fsp3) is 0.667. The van der Waals surface area contributed by atoms with Gasteiger partial charge in [-0.15, -0.1) is 0 Å². The third kappa shape index (κ3) is 11.0. The summed E-state index contributed by atoms with van der Waals surface area (Å²) in [6, 6.07) is -0.442. The highest BCUT2D eigenvalue weighted by Crippen LogP contribution is 1.89. The van der Waals surface area contributed by atoms with Crippen molar-refractivity contribution in [3.8, 4) is 0 Å². The second kappa shape index (κ2) is 10.8. The standard InChI is InChI=1S/C6H12N2O2.C6H11NO3/c1-4(6(10)7-3)8-5(2)9;1-4(6(9)7-3)10-5(2)8/h4H,1-3H3,(H,7,10)(H,8,9);4H,1-3H3,(H,7,9). The maximum absolute atomic E-state index is 10.7. The molecule has 0 saturated carbocycles. The summed E-state index contributed by atoms with van der Waals surface area (Å²) in [4.78, 5) is 42.0. The van der Waals surface area contributed by atoms with E-state index in [2.05, 4.69) is 20.7 Å². The number of carbonyl (C=O) groups excluding carboxylic acids is 4. The van der Waals surface area contributed by atoms with Crippen molar-refractivity contribution in [3.63, 3.8) is 0 Å². The first-order valence-electron chi connectivity index (χ1n) is 6.03. The molecule has 0 radical (unpaired) electrons. The molecular weight excluding hydrogens is 266 g/mol. The van der Waals surface area contributed by atoms with E-state index in [4.69, 9.17) is 0 Å². The summed E-state index contributed by atoms with van der Waals surface area (Å²) >= 11 is 0. The van der Waals surface area contributed by atoms with Crippen molar-refractivity contribution < 1.29 is 23.9 Å². The second-order valence-corrected chi connectivity index (χ2v) is 3.90. The van der Waals surface area contributed by atoms with Crippen molar-refractivity contribution in [3.05, 3.63) is 0 Å². The van der Waals surface area contributed by atoms with Crippen molar-refractivity contribution in [2.45, 2.75) is 39.8 Å². The Hall–Kier alpha value is -2.12. The van der Waals surface area contributed by atoms with E-state index in [1.807, 2.05) is 0 Å². The molecule has 2 unspecified atom stereocenters. The molecule has 2 atom stereocenters. The van der Waals surface area contributed by atoms with Gasteiger partial charge >= 0.3 is 5.97 Å². The molecular formula is C12H23N3O5. The van der Waals surface area contributed by atoms with Crippen LogP contribution in [-0.2, 0) is 23.9 Å². The topological polar surface area (TPSA) is 114 Å². The molecule has 20 heavy (non-hydrogen) atoms. The Kier molecular flexibility index (Phi) is 10.9. The number of hydrogen-bond donors (Lipinski definition) is 3. The Morgan fingerprint density at radius 3 is 1.65 bits per heavy atom. The van der Waals surface area contributed by atoms with E-state index in [0.29, 0.717) is 0 Å². The first kappa shape index (κ1) is 20.2. The van der Waals surface area contributed by atoms with E-state index in [1.165, 1.54) is 34.9 Å². The van der Waals surface area contributed by atoms with Gasteiger partial charge in [-0.05, 0) is 13.8 Å². The molecule has 0 aromatic carbocycles. The van der Waals surface area contributed by atoms with Gasteiger partial charge in [-0.3, -0.25) is 19.2 Å². The number of rotatable bonds is 4. The minimum atomic E-state index is -0.692. The zero-order valence-corrected chi connectivity index (χ0v) is 12.7. The van der Waals surface area contributed by atoms with E-state index in [9.17, 15) is 19.2 Å². The van der Waals surface area contributed by atoms with Crippen molar-refractivity contribution in [1.82, 2.24) is 16.0 Å². The maximum atomic E-state index is 10.7. The zero-order valence-electron chi connectivity index (χ0n) is 12.7. The summed E-state index contributed by atoms with van der Waals surface area (Å²) in [6.07, 6.45) is -0.692. The predicted octanol–water partition coefficient (Wildman–Crippen LogP) is -1.06. The molecule has 0 aromatic rings. The number of esters is 1. The number of amides is 3. The number of nitrogens with one attached hydrogen (secondary N) is 3. The van der Waals surface area contributed by atoms with E-state index in [-0.39, 0.29) is 17.7 Å². The first-order valence-corrected chi connectivity index (χ1v) is 6.03. The highest BCUT2D eigenvalue weighted by atomic mass is 16.5. The van der Waals surface area contributed by atoms with Gasteiger partial charge in [-0.1, -0.05) is 0 Å². The van der Waals surface area contributed by atoms with Gasteiger partial charge in [0.15, 0.2) is 6.10 Å². The molecule has 8 heteroatoms. The van der Waals surface area contributed by atoms with Gasteiger partial charge in [0.25, 0.3) is 5.91 Å². The van der Waals surface area contributed by atoms with Crippen LogP contribution in [0.25, 0.3) is 0 Å². The van der Waals surface area contributed by atoms with Gasteiger partial charge in [-0.25, -0.2) is 0 Å². The monoisotopic (exact) mass is 289 g/mol. The van der Waals surface area contributed by atoms with Crippen LogP contribution in [0.2, 0.25) is 0 Å². The fourth-order valence-corrected chi connectivity index (χ4v) is 1.09. The van der Waals surface area contributed by atoms with Crippen LogP contribution in [0.15, 0.2) is 0 Å². The number of hydrogen-bond acceptors (Lipinski definition) is 5. The van der Waals surface area contributed by atoms with Gasteiger partial charge in [0.1, 0.15) is 6.04 Å². The lowest BCUT2D eigenvalue weighted by atomic mass is 10.3. The summed E-state index contributed by atoms with van der Waals surface area (Å²) in [7, 11) is 3.02. The van der Waals surface area contributed by atoms with Crippen LogP contribution < -0.4 is 16.0 Å². The zero-order chi connectivity index (χ0) is 16.3. The average molecular weight is 289 g/mol. The van der Waals surface area contributed by atoms with Gasteiger partial charge in [-0.2, -0.15) is 0 Å². The molecule has 0 spiro atoms. The number of ether oxygens (including phenoxy) is 1. The van der Waals surface area contributed by atoms with Crippen LogP contribution in [0.1, 0.15) is 27.7 Å². The molecule has 8 nitrogen and oxygen atoms in total. The highest BCUT2D eigenvalue weighted by Gasteiger charge is 2.12. The lowest BCUT2D eigenvalue weighted by molar-refractivity contribution is -0.152. The van der Waals surface area contributed by atoms with E-state index in [0.717, 1.165) is 0 Å². The van der Waals surface area contributed by atoms with Gasteiger partial charge in [0.05, 0.1) is 0 Å². The Balaban J connectivity index is 0. The molecule has 116 valence electrons. The normalized spacial score (nSPS) is 11.9. The first-order chi connectivity index (χ1) is 9.15. The third-order valence-electron chi connectivity index (χ3n) is 2.02. The maximum Gasteiger partial charge on any atom is 0.303 e. The van der Waals surface area contributed by atoms with E-state index >= 15 is 0 Å². The number of likely N-dealkylation sites (N-methyl/N-ethyl adjacent to an activating group) is 2. The average Bonchev–Trinajstić information content (AvgIpc) is 2.35. The lowest BCUT2D eigenvalue weighted by Crippen LogP contribution is -2.42. The van der Waals surface area contributed by atoms with Crippen LogP contribution in [0, 0.1) is 0 Å². The molecule has 0 saturated heterocycles. The minimum absolute atomic E-state index is 0.185. The molecule has 0 aromatic heterocycles. The van der Waals surface area contributed by atoms with E-state index < -0.39 is 18.1 Å². The largest absolute Gasteiger partial charge is 0.453 e. The SMILES string of the molecule is CNC(=O)C(C)NC(C)=O.CNC(=O)C(C)OC(C)=O. The van der Waals surface area contributed by atoms with Crippen molar-refractivity contribution >= 4 is 23.7 Å². The van der Waals surface area contributed by atoms with E-state index in [1.54, 1.807) is 6.92 Å². The third-order valence-corrected chi connectivity index (χ3v) is 2.02. The van der Waals surface area contributed by atoms with Crippen LogP contribution in [0.3, 0.4) is 0 Å². The fourth-order valence-electron chi connectivity index (χ4n) is 1.09. The Morgan fingerprint density at radius 2 is 1.35 bits per heavy atom. The summed E-state index contributed by atoms with van der Waals surface area (Å²) in [6.45, 7) is 5.78. The Morgan fingerprint density at radius 1 is 0.900 bits per heavy atom. The van der Waals surface area contributed by atoms with Gasteiger partial charge in [0, 0.05) is 27.9 Å². The van der Waals surface area contributed by atoms with Crippen LogP contribution >= 0.6 is 0 Å². The second-order valence-electron chi connectivity index (χ2n) is 3.90. The quantitative estimate of drug-likeness (QED) is 0.571. The van der Waals surface area contributed by atoms with Crippen molar-refractivity contribution in [2.75, 3.05) is 14.1 Å². The summed E-state index contributed by atoms with van der Waals surface area (Å²) < 4.78 is 4.55. The lowest BCUT2D eigenvalue weighted by Gasteiger charge is -2.09. The molecule has 0 heterocycles. The van der Waals surface area contributed by atoms with Crippen LogP contribution in [0.4, 0.5) is 0 Å². The highest BCUT2D eigenvalue weighted by molar-refractivity contribution is 5.86. The summed E-state index contributed by atoms with van der Waals surface area (Å²) in [5, 5.41) is 7.21. The molecule has 3 amide bonds. The predicted molar refractivity (Wildman–Crippen MR) is 72.6 cm³/mol. The summed E-state index contributed by atoms with van der Waals surface area (Å²) in [5.41, 5.74) is 0. The summed E-state index contributed by atoms with van der Waals surface area (Å²) in [5.74, 6) is -1.13. The van der Waals surface area contributed by atoms with Crippen molar-refractivity contribution in [1.29, 1.82) is 0 Å². The number of carbonyl (C=O) groups is 4. The smallest absolute Gasteiger partial charge is 0.303 e. The van der Waals surface area contributed by atoms with Crippen LogP contribution in [-0.4, -0.2) is 49.9 Å². The van der Waals surface area contributed by atoms with Gasteiger partial charge in [0.2, 0.25) is 11.8 Å².